The monoisotopic (exact) mass is 265 g/mol. The number of esters is 1. The second-order valence-corrected chi connectivity index (χ2v) is 5.77. The Hall–Kier alpha value is -0.920. The van der Waals surface area contributed by atoms with Gasteiger partial charge >= 0.3 is 5.97 Å². The van der Waals surface area contributed by atoms with Crippen LogP contribution in [-0.4, -0.2) is 45.0 Å². The molecule has 0 amide bonds. The van der Waals surface area contributed by atoms with Crippen LogP contribution in [-0.2, 0) is 23.8 Å². The molecular weight excluding hydrogens is 246 g/mol. The second kappa shape index (κ2) is 6.13. The Morgan fingerprint density at radius 3 is 2.12 bits per heavy atom. The van der Waals surface area contributed by atoms with E-state index in [-0.39, 0.29) is 5.57 Å². The van der Waals surface area contributed by atoms with Gasteiger partial charge in [0.2, 0.25) is 6.29 Å². The molecule has 0 aromatic heterocycles. The first-order chi connectivity index (χ1) is 7.58. The van der Waals surface area contributed by atoms with Crippen molar-refractivity contribution in [1.29, 1.82) is 0 Å². The van der Waals surface area contributed by atoms with Crippen molar-refractivity contribution in [3.63, 3.8) is 0 Å². The minimum Gasteiger partial charge on any atom is -0.431 e. The van der Waals surface area contributed by atoms with E-state index >= 15 is 0 Å². The van der Waals surface area contributed by atoms with Gasteiger partial charge in [0.1, 0.15) is 5.37 Å². The maximum absolute atomic E-state index is 11.7. The highest BCUT2D eigenvalue weighted by Gasteiger charge is 2.27. The first kappa shape index (κ1) is 16.1. The molecule has 0 aromatic rings. The summed E-state index contributed by atoms with van der Waals surface area (Å²) in [5, 5.41) is -0.825. The standard InChI is InChI=1S/C10H19NO5S/c1-7(2)10(12)15-9(4)16-17(13,14)8(3)11(5)6/h8-9H,1H2,2-6H3. The molecule has 6 nitrogen and oxygen atoms in total. The Bertz CT molecular complexity index is 388. The van der Waals surface area contributed by atoms with Crippen LogP contribution in [0.15, 0.2) is 12.2 Å². The van der Waals surface area contributed by atoms with Crippen molar-refractivity contribution in [3.05, 3.63) is 12.2 Å². The SMILES string of the molecule is C=C(C)C(=O)OC(C)OS(=O)(=O)C(C)N(C)C. The molecule has 0 N–H and O–H groups in total. The summed E-state index contributed by atoms with van der Waals surface area (Å²) in [5.74, 6) is -0.690. The smallest absolute Gasteiger partial charge is 0.335 e. The van der Waals surface area contributed by atoms with Gasteiger partial charge in [-0.05, 0) is 34.9 Å². The molecule has 0 aliphatic heterocycles. The number of hydrogen-bond acceptors (Lipinski definition) is 6. The van der Waals surface area contributed by atoms with E-state index in [9.17, 15) is 13.2 Å². The minimum atomic E-state index is -3.81. The van der Waals surface area contributed by atoms with Gasteiger partial charge in [-0.3, -0.25) is 4.90 Å². The van der Waals surface area contributed by atoms with Crippen molar-refractivity contribution in [2.75, 3.05) is 14.1 Å². The zero-order valence-electron chi connectivity index (χ0n) is 10.8. The summed E-state index contributed by atoms with van der Waals surface area (Å²) < 4.78 is 32.8. The quantitative estimate of drug-likeness (QED) is 0.305. The summed E-state index contributed by atoms with van der Waals surface area (Å²) in [5.41, 5.74) is 0.179. The summed E-state index contributed by atoms with van der Waals surface area (Å²) in [6, 6.07) is 0. The number of hydrogen-bond donors (Lipinski definition) is 0. The predicted octanol–water partition coefficient (Wildman–Crippen LogP) is 0.706. The van der Waals surface area contributed by atoms with E-state index in [2.05, 4.69) is 6.58 Å². The molecule has 0 aliphatic carbocycles. The summed E-state index contributed by atoms with van der Waals surface area (Å²) in [6.45, 7) is 7.65. The molecule has 0 spiro atoms. The van der Waals surface area contributed by atoms with Crippen LogP contribution in [0.3, 0.4) is 0 Å². The van der Waals surface area contributed by atoms with Gasteiger partial charge in [0.25, 0.3) is 10.1 Å². The molecule has 0 aromatic carbocycles. The number of ether oxygens (including phenoxy) is 1. The van der Waals surface area contributed by atoms with Gasteiger partial charge in [-0.2, -0.15) is 8.42 Å². The summed E-state index contributed by atoms with van der Waals surface area (Å²) in [4.78, 5) is 12.6. The van der Waals surface area contributed by atoms with Gasteiger partial charge in [-0.25, -0.2) is 8.98 Å². The van der Waals surface area contributed by atoms with E-state index in [1.165, 1.54) is 25.7 Å². The van der Waals surface area contributed by atoms with Gasteiger partial charge in [0.15, 0.2) is 0 Å². The molecule has 0 saturated carbocycles. The van der Waals surface area contributed by atoms with Gasteiger partial charge in [0.05, 0.1) is 0 Å². The summed E-state index contributed by atoms with van der Waals surface area (Å²) in [7, 11) is -0.596. The molecule has 0 heterocycles. The van der Waals surface area contributed by atoms with Crippen LogP contribution < -0.4 is 0 Å². The molecule has 0 radical (unpaired) electrons. The molecular formula is C10H19NO5S. The minimum absolute atomic E-state index is 0.179. The number of nitrogens with zero attached hydrogens (tertiary/aromatic N) is 1. The first-order valence-corrected chi connectivity index (χ1v) is 6.50. The molecule has 0 rings (SSSR count). The predicted molar refractivity (Wildman–Crippen MR) is 63.5 cm³/mol. The molecule has 2 atom stereocenters. The lowest BCUT2D eigenvalue weighted by Gasteiger charge is -2.21. The van der Waals surface area contributed by atoms with E-state index in [1.54, 1.807) is 14.1 Å². The van der Waals surface area contributed by atoms with Crippen LogP contribution in [0.4, 0.5) is 0 Å². The molecule has 7 heteroatoms. The molecule has 0 aliphatic rings. The lowest BCUT2D eigenvalue weighted by atomic mass is 10.4. The van der Waals surface area contributed by atoms with Crippen molar-refractivity contribution >= 4 is 16.1 Å². The van der Waals surface area contributed by atoms with E-state index in [0.29, 0.717) is 0 Å². The van der Waals surface area contributed by atoms with Crippen LogP contribution in [0, 0.1) is 0 Å². The largest absolute Gasteiger partial charge is 0.431 e. The van der Waals surface area contributed by atoms with Crippen molar-refractivity contribution in [3.8, 4) is 0 Å². The molecule has 2 unspecified atom stereocenters. The fraction of sp³-hybridized carbons (Fsp3) is 0.700. The van der Waals surface area contributed by atoms with Gasteiger partial charge in [-0.15, -0.1) is 0 Å². The second-order valence-electron chi connectivity index (χ2n) is 3.91. The normalized spacial score (nSPS) is 15.4. The lowest BCUT2D eigenvalue weighted by molar-refractivity contribution is -0.155. The fourth-order valence-corrected chi connectivity index (χ4v) is 1.89. The Labute approximate surface area is 102 Å². The zero-order chi connectivity index (χ0) is 13.8. The first-order valence-electron chi connectivity index (χ1n) is 5.03. The Kier molecular flexibility index (Phi) is 5.80. The van der Waals surface area contributed by atoms with E-state index in [1.807, 2.05) is 0 Å². The fourth-order valence-electron chi connectivity index (χ4n) is 0.798. The average Bonchev–Trinajstić information content (AvgIpc) is 2.14. The Morgan fingerprint density at radius 2 is 1.76 bits per heavy atom. The molecule has 17 heavy (non-hydrogen) atoms. The topological polar surface area (TPSA) is 72.9 Å². The molecule has 0 bridgehead atoms. The number of carbonyl (C=O) groups is 1. The van der Waals surface area contributed by atoms with Gasteiger partial charge in [0, 0.05) is 5.57 Å². The van der Waals surface area contributed by atoms with Crippen LogP contribution in [0.25, 0.3) is 0 Å². The highest BCUT2D eigenvalue weighted by molar-refractivity contribution is 7.87. The summed E-state index contributed by atoms with van der Waals surface area (Å²) >= 11 is 0. The van der Waals surface area contributed by atoms with Crippen LogP contribution in [0.2, 0.25) is 0 Å². The van der Waals surface area contributed by atoms with Crippen molar-refractivity contribution in [1.82, 2.24) is 4.90 Å². The molecule has 100 valence electrons. The highest BCUT2D eigenvalue weighted by atomic mass is 32.2. The van der Waals surface area contributed by atoms with Crippen LogP contribution in [0.1, 0.15) is 20.8 Å². The zero-order valence-corrected chi connectivity index (χ0v) is 11.6. The molecule has 0 saturated heterocycles. The third-order valence-corrected chi connectivity index (χ3v) is 3.83. The Morgan fingerprint density at radius 1 is 1.29 bits per heavy atom. The van der Waals surface area contributed by atoms with Crippen molar-refractivity contribution in [2.45, 2.75) is 32.4 Å². The van der Waals surface area contributed by atoms with Gasteiger partial charge in [-0.1, -0.05) is 6.58 Å². The van der Waals surface area contributed by atoms with Crippen molar-refractivity contribution in [2.24, 2.45) is 0 Å². The third kappa shape index (κ3) is 5.29. The number of rotatable bonds is 6. The van der Waals surface area contributed by atoms with Crippen LogP contribution in [0.5, 0.6) is 0 Å². The van der Waals surface area contributed by atoms with E-state index in [0.717, 1.165) is 0 Å². The number of carbonyl (C=O) groups excluding carboxylic acids is 1. The third-order valence-electron chi connectivity index (χ3n) is 2.04. The van der Waals surface area contributed by atoms with Crippen molar-refractivity contribution < 1.29 is 22.1 Å². The summed E-state index contributed by atoms with van der Waals surface area (Å²) in [6.07, 6.45) is -1.17. The van der Waals surface area contributed by atoms with Crippen LogP contribution >= 0.6 is 0 Å². The maximum Gasteiger partial charge on any atom is 0.335 e. The average molecular weight is 265 g/mol. The highest BCUT2D eigenvalue weighted by Crippen LogP contribution is 2.11. The van der Waals surface area contributed by atoms with E-state index in [4.69, 9.17) is 8.92 Å². The van der Waals surface area contributed by atoms with E-state index < -0.39 is 27.8 Å². The molecule has 0 fully saturated rings. The maximum atomic E-state index is 11.7. The Balaban J connectivity index is 4.53. The van der Waals surface area contributed by atoms with Gasteiger partial charge < -0.3 is 4.74 Å². The lowest BCUT2D eigenvalue weighted by Crippen LogP contribution is -2.36.